The quantitative estimate of drug-likeness (QED) is 0.349. The molecule has 162 valence electrons. The van der Waals surface area contributed by atoms with E-state index in [1.807, 2.05) is 84.9 Å². The maximum Gasteiger partial charge on any atom is 0.115 e. The number of nitrogens with zero attached hydrogens (tertiary/aromatic N) is 2. The van der Waals surface area contributed by atoms with E-state index in [2.05, 4.69) is 12.1 Å². The summed E-state index contributed by atoms with van der Waals surface area (Å²) in [5.74, 6) is 0.457. The molecular formula is C29H24N2OS. The number of rotatable bonds is 5. The molecule has 3 aromatic carbocycles. The van der Waals surface area contributed by atoms with Crippen LogP contribution in [0.5, 0.6) is 0 Å². The number of aromatic nitrogens is 1. The van der Waals surface area contributed by atoms with Gasteiger partial charge in [0, 0.05) is 16.9 Å². The molecule has 0 saturated heterocycles. The van der Waals surface area contributed by atoms with Crippen LogP contribution >= 0.6 is 11.8 Å². The van der Waals surface area contributed by atoms with Crippen molar-refractivity contribution in [2.24, 2.45) is 0 Å². The lowest BCUT2D eigenvalue weighted by Crippen LogP contribution is -2.33. The minimum absolute atomic E-state index is 0.457. The van der Waals surface area contributed by atoms with E-state index in [9.17, 15) is 10.4 Å². The number of thioether (sulfide) groups is 1. The number of aliphatic hydroxyl groups is 1. The predicted octanol–water partition coefficient (Wildman–Crippen LogP) is 6.60. The molecule has 1 unspecified atom stereocenters. The Bertz CT molecular complexity index is 1310. The van der Waals surface area contributed by atoms with Gasteiger partial charge in [-0.05, 0) is 42.0 Å². The molecule has 0 fully saturated rings. The van der Waals surface area contributed by atoms with Gasteiger partial charge in [0.25, 0.3) is 0 Å². The molecule has 3 nitrogen and oxygen atoms in total. The Hall–Kier alpha value is -3.39. The highest BCUT2D eigenvalue weighted by Gasteiger charge is 2.34. The third-order valence-corrected chi connectivity index (χ3v) is 7.45. The van der Waals surface area contributed by atoms with E-state index in [4.69, 9.17) is 4.98 Å². The second-order valence-corrected chi connectivity index (χ2v) is 9.37. The molecule has 1 atom stereocenters. The number of benzene rings is 3. The van der Waals surface area contributed by atoms with Crippen molar-refractivity contribution in [2.45, 2.75) is 29.9 Å². The van der Waals surface area contributed by atoms with Crippen LogP contribution in [-0.2, 0) is 12.0 Å². The first kappa shape index (κ1) is 21.5. The molecule has 4 aromatic rings. The van der Waals surface area contributed by atoms with Gasteiger partial charge in [-0.25, -0.2) is 4.98 Å². The average Bonchev–Trinajstić information content (AvgIpc) is 2.88. The fourth-order valence-corrected chi connectivity index (χ4v) is 5.71. The first-order chi connectivity index (χ1) is 16.2. The predicted molar refractivity (Wildman–Crippen MR) is 134 cm³/mol. The largest absolute Gasteiger partial charge is 0.384 e. The smallest absolute Gasteiger partial charge is 0.115 e. The molecule has 0 amide bonds. The molecule has 0 spiro atoms. The van der Waals surface area contributed by atoms with Crippen molar-refractivity contribution in [1.82, 2.24) is 4.98 Å². The van der Waals surface area contributed by atoms with Crippen molar-refractivity contribution in [3.8, 4) is 28.5 Å². The van der Waals surface area contributed by atoms with Gasteiger partial charge in [-0.1, -0.05) is 84.9 Å². The molecular weight excluding hydrogens is 424 g/mol. The van der Waals surface area contributed by atoms with E-state index in [0.29, 0.717) is 22.8 Å². The van der Waals surface area contributed by atoms with Gasteiger partial charge in [0.1, 0.15) is 11.1 Å². The third-order valence-electron chi connectivity index (χ3n) is 6.26. The van der Waals surface area contributed by atoms with Crippen LogP contribution < -0.4 is 0 Å². The van der Waals surface area contributed by atoms with Crippen LogP contribution in [0, 0.1) is 11.3 Å². The van der Waals surface area contributed by atoms with Gasteiger partial charge in [0.15, 0.2) is 0 Å². The molecule has 1 aliphatic rings. The normalized spacial score (nSPS) is 17.2. The average molecular weight is 449 g/mol. The monoisotopic (exact) mass is 448 g/mol. The van der Waals surface area contributed by atoms with Crippen LogP contribution in [0.4, 0.5) is 0 Å². The number of aryl methyl sites for hydroxylation is 1. The lowest BCUT2D eigenvalue weighted by Gasteiger charge is -2.34. The number of nitriles is 1. The minimum Gasteiger partial charge on any atom is -0.384 e. The van der Waals surface area contributed by atoms with Crippen LogP contribution in [0.15, 0.2) is 96.0 Å². The van der Waals surface area contributed by atoms with Gasteiger partial charge in [-0.2, -0.15) is 5.26 Å². The van der Waals surface area contributed by atoms with Gasteiger partial charge in [-0.3, -0.25) is 0 Å². The summed E-state index contributed by atoms with van der Waals surface area (Å²) in [7, 11) is 0. The Kier molecular flexibility index (Phi) is 6.00. The summed E-state index contributed by atoms with van der Waals surface area (Å²) in [4.78, 5) is 4.90. The summed E-state index contributed by atoms with van der Waals surface area (Å²) >= 11 is 1.47. The fourth-order valence-electron chi connectivity index (χ4n) is 4.57. The SMILES string of the molecule is N#Cc1c(-c2ccccc2)cc(-c2ccccc2)nc1SCC1(O)CCCc2ccccc21. The molecule has 1 aliphatic carbocycles. The molecule has 0 saturated carbocycles. The van der Waals surface area contributed by atoms with E-state index in [0.717, 1.165) is 40.8 Å². The maximum absolute atomic E-state index is 11.6. The van der Waals surface area contributed by atoms with Crippen LogP contribution in [0.1, 0.15) is 29.5 Å². The third kappa shape index (κ3) is 4.30. The summed E-state index contributed by atoms with van der Waals surface area (Å²) in [6.07, 6.45) is 2.65. The number of hydrogen-bond acceptors (Lipinski definition) is 4. The van der Waals surface area contributed by atoms with Gasteiger partial charge in [0.05, 0.1) is 16.9 Å². The van der Waals surface area contributed by atoms with Crippen molar-refractivity contribution < 1.29 is 5.11 Å². The first-order valence-corrected chi connectivity index (χ1v) is 12.2. The molecule has 0 aliphatic heterocycles. The van der Waals surface area contributed by atoms with Crippen LogP contribution in [0.3, 0.4) is 0 Å². The van der Waals surface area contributed by atoms with E-state index in [1.165, 1.54) is 17.3 Å². The van der Waals surface area contributed by atoms with E-state index < -0.39 is 5.60 Å². The van der Waals surface area contributed by atoms with E-state index in [-0.39, 0.29) is 0 Å². The van der Waals surface area contributed by atoms with Gasteiger partial charge < -0.3 is 5.11 Å². The summed E-state index contributed by atoms with van der Waals surface area (Å²) in [5.41, 5.74) is 5.52. The molecule has 33 heavy (non-hydrogen) atoms. The lowest BCUT2D eigenvalue weighted by molar-refractivity contribution is 0.0438. The fraction of sp³-hybridized carbons (Fsp3) is 0.172. The maximum atomic E-state index is 11.6. The van der Waals surface area contributed by atoms with E-state index in [1.54, 1.807) is 0 Å². The Labute approximate surface area is 198 Å². The van der Waals surface area contributed by atoms with E-state index >= 15 is 0 Å². The molecule has 0 radical (unpaired) electrons. The Balaban J connectivity index is 1.58. The molecule has 1 heterocycles. The zero-order chi connectivity index (χ0) is 22.7. The summed E-state index contributed by atoms with van der Waals surface area (Å²) in [6, 6.07) is 32.5. The van der Waals surface area contributed by atoms with Crippen LogP contribution in [0.25, 0.3) is 22.4 Å². The van der Waals surface area contributed by atoms with Crippen molar-refractivity contribution in [1.29, 1.82) is 5.26 Å². The van der Waals surface area contributed by atoms with Crippen LogP contribution in [0.2, 0.25) is 0 Å². The summed E-state index contributed by atoms with van der Waals surface area (Å²) < 4.78 is 0. The first-order valence-electron chi connectivity index (χ1n) is 11.2. The second kappa shape index (κ2) is 9.23. The summed E-state index contributed by atoms with van der Waals surface area (Å²) in [6.45, 7) is 0. The molecule has 4 heteroatoms. The van der Waals surface area contributed by atoms with Gasteiger partial charge >= 0.3 is 0 Å². The highest BCUT2D eigenvalue weighted by molar-refractivity contribution is 7.99. The zero-order valence-corrected chi connectivity index (χ0v) is 19.1. The van der Waals surface area contributed by atoms with Crippen LogP contribution in [-0.4, -0.2) is 15.8 Å². The Morgan fingerprint density at radius 2 is 1.58 bits per heavy atom. The lowest BCUT2D eigenvalue weighted by atomic mass is 9.80. The zero-order valence-electron chi connectivity index (χ0n) is 18.2. The van der Waals surface area contributed by atoms with Crippen molar-refractivity contribution >= 4 is 11.8 Å². The Morgan fingerprint density at radius 3 is 2.30 bits per heavy atom. The number of fused-ring (bicyclic) bond motifs is 1. The topological polar surface area (TPSA) is 56.9 Å². The highest BCUT2D eigenvalue weighted by atomic mass is 32.2. The van der Waals surface area contributed by atoms with Crippen molar-refractivity contribution in [2.75, 3.05) is 5.75 Å². The second-order valence-electron chi connectivity index (χ2n) is 8.41. The van der Waals surface area contributed by atoms with Crippen molar-refractivity contribution in [3.05, 3.63) is 108 Å². The standard InChI is InChI=1S/C29H24N2OS/c30-19-25-24(21-10-3-1-4-11-21)18-27(23-13-5-2-6-14-23)31-28(25)33-20-29(32)17-9-15-22-12-7-8-16-26(22)29/h1-8,10-14,16,18,32H,9,15,17,20H2. The minimum atomic E-state index is -0.927. The molecule has 1 N–H and O–H groups in total. The molecule has 0 bridgehead atoms. The van der Waals surface area contributed by atoms with Gasteiger partial charge in [0.2, 0.25) is 0 Å². The summed E-state index contributed by atoms with van der Waals surface area (Å²) in [5, 5.41) is 22.4. The van der Waals surface area contributed by atoms with Crippen molar-refractivity contribution in [3.63, 3.8) is 0 Å². The van der Waals surface area contributed by atoms with Gasteiger partial charge in [-0.15, -0.1) is 11.8 Å². The molecule has 5 rings (SSSR count). The number of hydrogen-bond donors (Lipinski definition) is 1. The Morgan fingerprint density at radius 1 is 0.909 bits per heavy atom. The highest BCUT2D eigenvalue weighted by Crippen LogP contribution is 2.41. The molecule has 1 aromatic heterocycles. The number of pyridine rings is 1.